The number of rotatable bonds is 15. The number of carbonyl (C=O) groups is 3. The van der Waals surface area contributed by atoms with E-state index < -0.39 is 23.2 Å². The number of nitrogens with one attached hydrogen (secondary N) is 1. The van der Waals surface area contributed by atoms with Crippen molar-refractivity contribution in [3.05, 3.63) is 192 Å². The van der Waals surface area contributed by atoms with Crippen LogP contribution in [0.5, 0.6) is 0 Å². The maximum Gasteiger partial charge on any atom is 0.347 e. The number of benzene rings is 5. The molecule has 1 aliphatic rings. The number of nitrogens with zero attached hydrogens (tertiary/aromatic N) is 6. The lowest BCUT2D eigenvalue weighted by Gasteiger charge is -2.39. The Bertz CT molecular complexity index is 2490. The minimum atomic E-state index is -1.54. The Hall–Kier alpha value is -7.11. The van der Waals surface area contributed by atoms with Crippen LogP contribution in [-0.2, 0) is 31.1 Å². The van der Waals surface area contributed by atoms with Crippen molar-refractivity contribution in [1.82, 2.24) is 35.4 Å². The van der Waals surface area contributed by atoms with Crippen molar-refractivity contribution in [3.63, 3.8) is 0 Å². The van der Waals surface area contributed by atoms with Gasteiger partial charge in [0, 0.05) is 30.4 Å². The van der Waals surface area contributed by atoms with Crippen molar-refractivity contribution in [1.29, 1.82) is 0 Å². The van der Waals surface area contributed by atoms with Crippen LogP contribution in [0.1, 0.15) is 66.6 Å². The molecule has 0 spiro atoms. The lowest BCUT2D eigenvalue weighted by molar-refractivity contribution is -0.163. The number of Topliss-reactive ketones (excluding diaryl/α,β-unsaturated/α-hetero) is 1. The predicted molar refractivity (Wildman–Crippen MR) is 233 cm³/mol. The number of carbonyl (C=O) groups excluding carboxylic acids is 3. The largest absolute Gasteiger partial charge is 0.466 e. The Labute approximate surface area is 355 Å². The summed E-state index contributed by atoms with van der Waals surface area (Å²) in [7, 11) is 1.31. The number of esters is 1. The molecular formula is C50H47N7O4. The number of hydrogen-bond donors (Lipinski definition) is 1. The smallest absolute Gasteiger partial charge is 0.347 e. The molecule has 2 atom stereocenters. The van der Waals surface area contributed by atoms with Gasteiger partial charge in [-0.2, -0.15) is 0 Å². The van der Waals surface area contributed by atoms with Crippen molar-refractivity contribution in [2.75, 3.05) is 13.7 Å². The summed E-state index contributed by atoms with van der Waals surface area (Å²) in [6.45, 7) is 2.27. The van der Waals surface area contributed by atoms with Gasteiger partial charge in [-0.25, -0.2) is 9.48 Å². The first-order valence-electron chi connectivity index (χ1n) is 20.6. The molecule has 1 amide bonds. The quantitative estimate of drug-likeness (QED) is 0.0809. The third kappa shape index (κ3) is 7.76. The van der Waals surface area contributed by atoms with Crippen LogP contribution >= 0.6 is 0 Å². The number of methoxy groups -OCH3 is 1. The molecule has 1 N–H and O–H groups in total. The summed E-state index contributed by atoms with van der Waals surface area (Å²) in [4.78, 5) is 47.5. The number of hydrogen-bond acceptors (Lipinski definition) is 9. The van der Waals surface area contributed by atoms with Crippen molar-refractivity contribution in [3.8, 4) is 22.5 Å². The second-order valence-electron chi connectivity index (χ2n) is 15.2. The van der Waals surface area contributed by atoms with E-state index in [2.05, 4.69) is 51.9 Å². The third-order valence-electron chi connectivity index (χ3n) is 11.6. The van der Waals surface area contributed by atoms with Gasteiger partial charge in [0.25, 0.3) is 0 Å². The molecule has 11 heteroatoms. The highest BCUT2D eigenvalue weighted by molar-refractivity contribution is 5.91. The molecule has 1 aliphatic heterocycles. The zero-order chi connectivity index (χ0) is 42.2. The first-order valence-corrected chi connectivity index (χ1v) is 20.6. The van der Waals surface area contributed by atoms with Gasteiger partial charge in [0.15, 0.2) is 17.3 Å². The molecule has 11 nitrogen and oxygen atoms in total. The molecule has 0 radical (unpaired) electrons. The summed E-state index contributed by atoms with van der Waals surface area (Å²) >= 11 is 0. The molecule has 61 heavy (non-hydrogen) atoms. The molecule has 0 unspecified atom stereocenters. The molecular weight excluding hydrogens is 763 g/mol. The van der Waals surface area contributed by atoms with Crippen LogP contribution in [0.15, 0.2) is 164 Å². The molecule has 1 saturated heterocycles. The van der Waals surface area contributed by atoms with E-state index in [0.717, 1.165) is 33.4 Å². The van der Waals surface area contributed by atoms with Crippen molar-refractivity contribution < 1.29 is 19.1 Å². The summed E-state index contributed by atoms with van der Waals surface area (Å²) in [5.41, 5.74) is 4.29. The topological polar surface area (TPSA) is 132 Å². The van der Waals surface area contributed by atoms with E-state index in [0.29, 0.717) is 42.9 Å². The van der Waals surface area contributed by atoms with Crippen LogP contribution in [0.3, 0.4) is 0 Å². The Morgan fingerprint density at radius 3 is 1.92 bits per heavy atom. The van der Waals surface area contributed by atoms with Gasteiger partial charge in [0.2, 0.25) is 5.91 Å². The van der Waals surface area contributed by atoms with Crippen molar-refractivity contribution in [2.45, 2.75) is 56.3 Å². The minimum absolute atomic E-state index is 0.00931. The maximum atomic E-state index is 14.0. The van der Waals surface area contributed by atoms with E-state index in [-0.39, 0.29) is 24.5 Å². The zero-order valence-electron chi connectivity index (χ0n) is 34.2. The molecule has 7 aromatic rings. The van der Waals surface area contributed by atoms with Gasteiger partial charge in [-0.1, -0.05) is 153 Å². The highest BCUT2D eigenvalue weighted by Gasteiger charge is 2.52. The lowest BCUT2D eigenvalue weighted by atomic mass is 9.77. The van der Waals surface area contributed by atoms with Gasteiger partial charge in [-0.3, -0.25) is 19.9 Å². The Morgan fingerprint density at radius 1 is 0.754 bits per heavy atom. The van der Waals surface area contributed by atoms with Gasteiger partial charge in [0.05, 0.1) is 19.6 Å². The average Bonchev–Trinajstić information content (AvgIpc) is 3.99. The van der Waals surface area contributed by atoms with E-state index in [9.17, 15) is 14.4 Å². The third-order valence-corrected chi connectivity index (χ3v) is 11.6. The molecule has 2 aromatic heterocycles. The summed E-state index contributed by atoms with van der Waals surface area (Å²) in [5.74, 6) is -0.428. The fourth-order valence-electron chi connectivity index (χ4n) is 8.75. The number of pyridine rings is 1. The second-order valence-corrected chi connectivity index (χ2v) is 15.2. The van der Waals surface area contributed by atoms with Gasteiger partial charge >= 0.3 is 5.97 Å². The highest BCUT2D eigenvalue weighted by Crippen LogP contribution is 2.43. The van der Waals surface area contributed by atoms with Crippen LogP contribution in [0.4, 0.5) is 0 Å². The van der Waals surface area contributed by atoms with E-state index in [1.165, 1.54) is 12.0 Å². The second kappa shape index (κ2) is 18.0. The number of amides is 1. The molecule has 306 valence electrons. The predicted octanol–water partition coefficient (Wildman–Crippen LogP) is 7.98. The SMILES string of the molecule is CCCC(=O)[C@@H](N[C@@]1(C(=O)OC)CCCN1C(=O)Cc1ccccn1)c1ccc(-c2ccccc2-c2nnnn2C(c2ccccc2)(c2ccccc2)c2ccccc2)cc1. The zero-order valence-corrected chi connectivity index (χ0v) is 34.2. The van der Waals surface area contributed by atoms with Crippen molar-refractivity contribution in [2.24, 2.45) is 0 Å². The van der Waals surface area contributed by atoms with Crippen LogP contribution in [0.2, 0.25) is 0 Å². The number of likely N-dealkylation sites (tertiary alicyclic amines) is 1. The van der Waals surface area contributed by atoms with Crippen LogP contribution in [0.25, 0.3) is 22.5 Å². The van der Waals surface area contributed by atoms with Crippen LogP contribution in [0, 0.1) is 0 Å². The molecule has 5 aromatic carbocycles. The minimum Gasteiger partial charge on any atom is -0.466 e. The maximum absolute atomic E-state index is 14.0. The lowest BCUT2D eigenvalue weighted by Crippen LogP contribution is -2.64. The Balaban J connectivity index is 1.19. The van der Waals surface area contributed by atoms with Crippen LogP contribution in [-0.4, -0.2) is 67.1 Å². The van der Waals surface area contributed by atoms with E-state index in [4.69, 9.17) is 15.0 Å². The van der Waals surface area contributed by atoms with Gasteiger partial charge in [-0.05, 0) is 75.2 Å². The molecule has 0 bridgehead atoms. The van der Waals surface area contributed by atoms with Gasteiger partial charge in [0.1, 0.15) is 5.54 Å². The number of ether oxygens (including phenoxy) is 1. The van der Waals surface area contributed by atoms with Crippen LogP contribution < -0.4 is 5.32 Å². The molecule has 1 fully saturated rings. The fourth-order valence-corrected chi connectivity index (χ4v) is 8.75. The summed E-state index contributed by atoms with van der Waals surface area (Å²) in [6, 6.07) is 51.0. The molecule has 8 rings (SSSR count). The van der Waals surface area contributed by atoms with Gasteiger partial charge < -0.3 is 9.64 Å². The Morgan fingerprint density at radius 2 is 1.34 bits per heavy atom. The summed E-state index contributed by atoms with van der Waals surface area (Å²) in [5, 5.41) is 17.2. The monoisotopic (exact) mass is 809 g/mol. The summed E-state index contributed by atoms with van der Waals surface area (Å²) < 4.78 is 7.26. The van der Waals surface area contributed by atoms with E-state index in [1.54, 1.807) is 18.3 Å². The number of aromatic nitrogens is 5. The Kier molecular flexibility index (Phi) is 12.0. The number of ketones is 1. The first kappa shape index (κ1) is 40.7. The highest BCUT2D eigenvalue weighted by atomic mass is 16.5. The molecule has 0 aliphatic carbocycles. The normalized spacial score (nSPS) is 15.6. The average molecular weight is 810 g/mol. The molecule has 3 heterocycles. The number of tetrazole rings is 1. The van der Waals surface area contributed by atoms with Gasteiger partial charge in [-0.15, -0.1) is 5.10 Å². The fraction of sp³-hybridized carbons (Fsp3) is 0.220. The van der Waals surface area contributed by atoms with E-state index in [1.807, 2.05) is 121 Å². The first-order chi connectivity index (χ1) is 29.9. The molecule has 0 saturated carbocycles. The standard InChI is InChI=1S/C50H47N7O4/c1-3-18-44(58)46(52-49(48(60)61-2)32-17-34-56(49)45(59)35-41-25-15-16-33-51-41)37-30-28-36(29-31-37)42-26-13-14-27-43(42)47-53-54-55-57(47)50(38-19-7-4-8-20-38,39-21-9-5-10-22-39)40-23-11-6-12-24-40/h4-16,19-31,33,46,52H,3,17-18,32,34-35H2,1-2H3/t46-,49-/m0/s1. The summed E-state index contributed by atoms with van der Waals surface area (Å²) in [6.07, 6.45) is 3.38. The van der Waals surface area contributed by atoms with Crippen molar-refractivity contribution >= 4 is 17.7 Å². The van der Waals surface area contributed by atoms with E-state index >= 15 is 0 Å².